The van der Waals surface area contributed by atoms with E-state index < -0.39 is 6.16 Å². The number of carbonyl (C=O) groups is 2. The van der Waals surface area contributed by atoms with Crippen molar-refractivity contribution in [2.24, 2.45) is 0 Å². The maximum Gasteiger partial charge on any atom is 0.512 e. The van der Waals surface area contributed by atoms with Gasteiger partial charge in [-0.25, -0.2) is 4.79 Å². The average molecular weight is 520 g/mol. The van der Waals surface area contributed by atoms with Gasteiger partial charge in [0.05, 0.1) is 28.4 Å². The Labute approximate surface area is 211 Å². The van der Waals surface area contributed by atoms with Crippen molar-refractivity contribution in [2.75, 3.05) is 12.0 Å². The van der Waals surface area contributed by atoms with Gasteiger partial charge in [-0.3, -0.25) is 9.69 Å². The average Bonchev–Trinajstić information content (AvgIpc) is 3.22. The number of nitrogens with zero attached hydrogens (tertiary/aromatic N) is 1. The molecule has 178 valence electrons. The first-order valence-corrected chi connectivity index (χ1v) is 12.4. The first-order chi connectivity index (χ1) is 16.4. The summed E-state index contributed by atoms with van der Waals surface area (Å²) in [6.07, 6.45) is 1.69. The van der Waals surface area contributed by atoms with E-state index in [2.05, 4.69) is 0 Å². The highest BCUT2D eigenvalue weighted by atomic mass is 35.5. The van der Waals surface area contributed by atoms with Gasteiger partial charge in [-0.05, 0) is 42.7 Å². The SMILES string of the molecule is COC1CCCCC1N(C(=O)c1ccc(Cl)cc1Cl)c1cc(-c2ccccc2)sc1OC(=O)O. The molecule has 1 heterocycles. The van der Waals surface area contributed by atoms with Crippen LogP contribution in [-0.4, -0.2) is 36.4 Å². The van der Waals surface area contributed by atoms with E-state index in [4.69, 9.17) is 32.7 Å². The number of methoxy groups -OCH3 is 1. The van der Waals surface area contributed by atoms with Crippen LogP contribution in [0.25, 0.3) is 10.4 Å². The lowest BCUT2D eigenvalue weighted by Gasteiger charge is -2.39. The van der Waals surface area contributed by atoms with Crippen molar-refractivity contribution >= 4 is 52.3 Å². The minimum Gasteiger partial charge on any atom is -0.449 e. The van der Waals surface area contributed by atoms with Crippen LogP contribution in [0.2, 0.25) is 10.0 Å². The molecule has 3 aromatic rings. The number of carbonyl (C=O) groups excluding carboxylic acids is 1. The lowest BCUT2D eigenvalue weighted by Crippen LogP contribution is -2.49. The predicted octanol–water partition coefficient (Wildman–Crippen LogP) is 7.38. The van der Waals surface area contributed by atoms with Crippen molar-refractivity contribution in [3.8, 4) is 15.5 Å². The number of thiophene rings is 1. The van der Waals surface area contributed by atoms with Crippen molar-refractivity contribution in [1.82, 2.24) is 0 Å². The summed E-state index contributed by atoms with van der Waals surface area (Å²) in [5.41, 5.74) is 1.52. The Balaban J connectivity index is 1.88. The third kappa shape index (κ3) is 5.23. The molecular formula is C25H23Cl2NO5S. The molecule has 2 unspecified atom stereocenters. The number of hydrogen-bond acceptors (Lipinski definition) is 5. The molecule has 34 heavy (non-hydrogen) atoms. The first-order valence-electron chi connectivity index (χ1n) is 10.8. The third-order valence-corrected chi connectivity index (χ3v) is 7.46. The standard InChI is InChI=1S/C25H23Cl2NO5S/c1-32-21-10-6-5-9-19(21)28(23(29)17-12-11-16(26)13-18(17)27)20-14-22(15-7-3-2-4-8-15)34-24(20)33-25(30)31/h2-4,7-8,11-14,19,21H,5-6,9-10H2,1H3,(H,30,31). The van der Waals surface area contributed by atoms with Crippen molar-refractivity contribution in [3.63, 3.8) is 0 Å². The maximum atomic E-state index is 14.0. The summed E-state index contributed by atoms with van der Waals surface area (Å²) in [5, 5.41) is 10.2. The summed E-state index contributed by atoms with van der Waals surface area (Å²) in [4.78, 5) is 27.9. The maximum absolute atomic E-state index is 14.0. The Morgan fingerprint density at radius 1 is 1.06 bits per heavy atom. The van der Waals surface area contributed by atoms with Crippen molar-refractivity contribution < 1.29 is 24.2 Å². The Morgan fingerprint density at radius 3 is 2.47 bits per heavy atom. The van der Waals surface area contributed by atoms with E-state index in [9.17, 15) is 14.7 Å². The van der Waals surface area contributed by atoms with E-state index in [-0.39, 0.29) is 33.7 Å². The molecule has 2 aromatic carbocycles. The van der Waals surface area contributed by atoms with Crippen LogP contribution in [0.4, 0.5) is 10.5 Å². The van der Waals surface area contributed by atoms with Crippen LogP contribution in [-0.2, 0) is 4.74 Å². The van der Waals surface area contributed by atoms with Crippen molar-refractivity contribution in [2.45, 2.75) is 37.8 Å². The second kappa shape index (κ2) is 10.8. The summed E-state index contributed by atoms with van der Waals surface area (Å²) in [7, 11) is 1.62. The molecule has 1 aliphatic rings. The molecule has 0 radical (unpaired) electrons. The zero-order chi connectivity index (χ0) is 24.2. The fraction of sp³-hybridized carbons (Fsp3) is 0.280. The smallest absolute Gasteiger partial charge is 0.449 e. The highest BCUT2D eigenvalue weighted by Gasteiger charge is 2.38. The zero-order valence-electron chi connectivity index (χ0n) is 18.4. The number of carboxylic acid groups (broad SMARTS) is 1. The van der Waals surface area contributed by atoms with Crippen LogP contribution in [0.3, 0.4) is 0 Å². The van der Waals surface area contributed by atoms with Gasteiger partial charge in [-0.15, -0.1) is 0 Å². The second-order valence-electron chi connectivity index (χ2n) is 7.94. The van der Waals surface area contributed by atoms with Gasteiger partial charge in [0, 0.05) is 17.0 Å². The fourth-order valence-electron chi connectivity index (χ4n) is 4.31. The molecule has 0 aliphatic heterocycles. The third-order valence-electron chi connectivity index (χ3n) is 5.86. The minimum atomic E-state index is -1.45. The molecule has 1 amide bonds. The van der Waals surface area contributed by atoms with E-state index in [1.807, 2.05) is 30.3 Å². The number of halogens is 2. The van der Waals surface area contributed by atoms with Crippen molar-refractivity contribution in [1.29, 1.82) is 0 Å². The van der Waals surface area contributed by atoms with Crippen LogP contribution >= 0.6 is 34.5 Å². The molecule has 9 heteroatoms. The van der Waals surface area contributed by atoms with E-state index in [0.29, 0.717) is 17.1 Å². The number of rotatable bonds is 6. The van der Waals surface area contributed by atoms with Gasteiger partial charge in [-0.2, -0.15) is 0 Å². The van der Waals surface area contributed by atoms with Gasteiger partial charge in [0.1, 0.15) is 0 Å². The Morgan fingerprint density at radius 2 is 1.79 bits per heavy atom. The van der Waals surface area contributed by atoms with Crippen LogP contribution in [0.5, 0.6) is 5.06 Å². The van der Waals surface area contributed by atoms with Crippen LogP contribution in [0.15, 0.2) is 54.6 Å². The van der Waals surface area contributed by atoms with Gasteiger partial charge in [-0.1, -0.05) is 77.7 Å². The molecular weight excluding hydrogens is 497 g/mol. The Hall–Kier alpha value is -2.58. The van der Waals surface area contributed by atoms with E-state index in [1.165, 1.54) is 17.4 Å². The molecule has 1 N–H and O–H groups in total. The highest BCUT2D eigenvalue weighted by molar-refractivity contribution is 7.18. The molecule has 0 saturated heterocycles. The first kappa shape index (κ1) is 24.5. The lowest BCUT2D eigenvalue weighted by molar-refractivity contribution is 0.0485. The predicted molar refractivity (Wildman–Crippen MR) is 135 cm³/mol. The Bertz CT molecular complexity index is 1180. The van der Waals surface area contributed by atoms with Gasteiger partial charge >= 0.3 is 6.16 Å². The molecule has 0 spiro atoms. The fourth-order valence-corrected chi connectivity index (χ4v) is 5.80. The van der Waals surface area contributed by atoms with Crippen LogP contribution in [0.1, 0.15) is 36.0 Å². The van der Waals surface area contributed by atoms with Gasteiger partial charge < -0.3 is 14.6 Å². The normalized spacial score (nSPS) is 17.9. The van der Waals surface area contributed by atoms with E-state index >= 15 is 0 Å². The molecule has 0 bridgehead atoms. The summed E-state index contributed by atoms with van der Waals surface area (Å²) in [6, 6.07) is 15.7. The van der Waals surface area contributed by atoms with Gasteiger partial charge in [0.15, 0.2) is 0 Å². The quantitative estimate of drug-likeness (QED) is 0.343. The minimum absolute atomic E-state index is 0.116. The number of hydrogen-bond donors (Lipinski definition) is 1. The number of anilines is 1. The summed E-state index contributed by atoms with van der Waals surface area (Å²) in [6.45, 7) is 0. The van der Waals surface area contributed by atoms with Crippen LogP contribution < -0.4 is 9.64 Å². The van der Waals surface area contributed by atoms with Crippen LogP contribution in [0, 0.1) is 0 Å². The lowest BCUT2D eigenvalue weighted by atomic mass is 9.90. The number of benzene rings is 2. The largest absolute Gasteiger partial charge is 0.512 e. The number of ether oxygens (including phenoxy) is 2. The van der Waals surface area contributed by atoms with E-state index in [1.54, 1.807) is 30.2 Å². The van der Waals surface area contributed by atoms with Gasteiger partial charge in [0.25, 0.3) is 5.91 Å². The molecule has 6 nitrogen and oxygen atoms in total. The monoisotopic (exact) mass is 519 g/mol. The highest BCUT2D eigenvalue weighted by Crippen LogP contribution is 2.46. The zero-order valence-corrected chi connectivity index (χ0v) is 20.7. The molecule has 1 saturated carbocycles. The second-order valence-corrected chi connectivity index (χ2v) is 9.80. The molecule has 4 rings (SSSR count). The summed E-state index contributed by atoms with van der Waals surface area (Å²) in [5.74, 6) is -0.372. The topological polar surface area (TPSA) is 76.1 Å². The molecule has 1 aromatic heterocycles. The molecule has 2 atom stereocenters. The summed E-state index contributed by atoms with van der Waals surface area (Å²) >= 11 is 13.6. The summed E-state index contributed by atoms with van der Waals surface area (Å²) < 4.78 is 10.9. The van der Waals surface area contributed by atoms with Gasteiger partial charge in [0.2, 0.25) is 5.06 Å². The number of amides is 1. The molecule has 1 aliphatic carbocycles. The molecule has 1 fully saturated rings. The van der Waals surface area contributed by atoms with E-state index in [0.717, 1.165) is 29.7 Å². The van der Waals surface area contributed by atoms with Crippen molar-refractivity contribution in [3.05, 3.63) is 70.2 Å². The Kier molecular flexibility index (Phi) is 7.78.